The van der Waals surface area contributed by atoms with Crippen molar-refractivity contribution < 1.29 is 9.47 Å². The Morgan fingerprint density at radius 1 is 0.917 bits per heavy atom. The summed E-state index contributed by atoms with van der Waals surface area (Å²) in [6, 6.07) is 17.5. The van der Waals surface area contributed by atoms with Crippen LogP contribution in [-0.2, 0) is 0 Å². The van der Waals surface area contributed by atoms with Crippen LogP contribution in [0.1, 0.15) is 32.3 Å². The molecule has 0 aliphatic rings. The lowest BCUT2D eigenvalue weighted by atomic mass is 10.1. The van der Waals surface area contributed by atoms with Gasteiger partial charge in [-0.05, 0) is 43.5 Å². The number of nitrogens with one attached hydrogen (secondary N) is 1. The molecule has 4 heteroatoms. The van der Waals surface area contributed by atoms with Gasteiger partial charge in [0.05, 0.1) is 6.01 Å². The molecule has 0 amide bonds. The molecule has 126 valence electrons. The Morgan fingerprint density at radius 3 is 2.04 bits per heavy atom. The number of hydrogen-bond donors (Lipinski definition) is 1. The van der Waals surface area contributed by atoms with Gasteiger partial charge >= 0.3 is 0 Å². The van der Waals surface area contributed by atoms with Crippen molar-refractivity contribution in [1.82, 2.24) is 0 Å². The predicted octanol–water partition coefficient (Wildman–Crippen LogP) is 5.39. The molecule has 0 spiro atoms. The summed E-state index contributed by atoms with van der Waals surface area (Å²) in [5, 5.41) is 7.06. The van der Waals surface area contributed by atoms with E-state index >= 15 is 0 Å². The largest absolute Gasteiger partial charge is 0.486 e. The second-order valence-electron chi connectivity index (χ2n) is 5.59. The first-order valence-electron chi connectivity index (χ1n) is 8.30. The van der Waals surface area contributed by atoms with Crippen molar-refractivity contribution >= 4 is 11.7 Å². The molecule has 0 aromatic heterocycles. The Kier molecular flexibility index (Phi) is 6.59. The molecule has 1 N–H and O–H groups in total. The fraction of sp³-hybridized carbons (Fsp3) is 0.350. The van der Waals surface area contributed by atoms with E-state index < -0.39 is 0 Å². The lowest BCUT2D eigenvalue weighted by Gasteiger charge is -2.28. The van der Waals surface area contributed by atoms with E-state index in [1.165, 1.54) is 0 Å². The van der Waals surface area contributed by atoms with E-state index in [0.29, 0.717) is 11.4 Å². The molecule has 2 unspecified atom stereocenters. The maximum Gasteiger partial charge on any atom is 0.146 e. The first-order chi connectivity index (χ1) is 11.7. The number of nitrogens with zero attached hydrogens (tertiary/aromatic N) is 1. The van der Waals surface area contributed by atoms with Crippen molar-refractivity contribution in [1.29, 1.82) is 5.41 Å². The Balaban J connectivity index is 2.19. The van der Waals surface area contributed by atoms with Crippen molar-refractivity contribution in [3.8, 4) is 11.5 Å². The summed E-state index contributed by atoms with van der Waals surface area (Å²) in [6.45, 7) is 6.21. The summed E-state index contributed by atoms with van der Waals surface area (Å²) < 4.78 is 12.4. The molecule has 2 atom stereocenters. The van der Waals surface area contributed by atoms with Gasteiger partial charge in [-0.15, -0.1) is 0 Å². The van der Waals surface area contributed by atoms with Crippen LogP contribution in [0, 0.1) is 12.3 Å². The first-order valence-corrected chi connectivity index (χ1v) is 8.30. The molecule has 0 bridgehead atoms. The van der Waals surface area contributed by atoms with Crippen LogP contribution < -0.4 is 9.47 Å². The third-order valence-corrected chi connectivity index (χ3v) is 3.91. The number of para-hydroxylation sites is 3. The number of benzene rings is 2. The van der Waals surface area contributed by atoms with Crippen LogP contribution in [0.4, 0.5) is 5.69 Å². The van der Waals surface area contributed by atoms with E-state index in [0.717, 1.165) is 24.2 Å². The third-order valence-electron chi connectivity index (χ3n) is 3.91. The van der Waals surface area contributed by atoms with Gasteiger partial charge in [0.1, 0.15) is 29.4 Å². The van der Waals surface area contributed by atoms with Gasteiger partial charge < -0.3 is 9.47 Å². The molecule has 0 saturated heterocycles. The average molecular weight is 324 g/mol. The van der Waals surface area contributed by atoms with Crippen LogP contribution in [0.3, 0.4) is 0 Å². The Bertz CT molecular complexity index is 708. The Hall–Kier alpha value is -2.58. The van der Waals surface area contributed by atoms with Crippen molar-refractivity contribution in [2.45, 2.75) is 45.8 Å². The number of aliphatic imine (C=N–C) groups is 1. The van der Waals surface area contributed by atoms with Crippen LogP contribution in [0.15, 0.2) is 53.5 Å². The molecule has 2 aromatic carbocycles. The molecule has 2 rings (SSSR count). The number of hydrogen-bond acceptors (Lipinski definition) is 4. The van der Waals surface area contributed by atoms with E-state index in [9.17, 15) is 0 Å². The topological polar surface area (TPSA) is 54.7 Å². The molecule has 2 aromatic rings. The Morgan fingerprint density at radius 2 is 1.46 bits per heavy atom. The van der Waals surface area contributed by atoms with E-state index in [4.69, 9.17) is 14.9 Å². The number of rotatable bonds is 8. The van der Waals surface area contributed by atoms with Crippen molar-refractivity contribution in [3.63, 3.8) is 0 Å². The second kappa shape index (κ2) is 8.90. The van der Waals surface area contributed by atoms with Crippen LogP contribution in [-0.4, -0.2) is 18.2 Å². The van der Waals surface area contributed by atoms with Gasteiger partial charge in [-0.3, -0.25) is 0 Å². The lowest BCUT2D eigenvalue weighted by molar-refractivity contribution is 0.0490. The van der Waals surface area contributed by atoms with E-state index in [1.807, 2.05) is 55.5 Å². The fourth-order valence-electron chi connectivity index (χ4n) is 2.57. The summed E-state index contributed by atoms with van der Waals surface area (Å²) >= 11 is 0. The maximum atomic E-state index is 7.06. The van der Waals surface area contributed by atoms with Crippen molar-refractivity contribution in [2.24, 2.45) is 4.99 Å². The monoisotopic (exact) mass is 324 g/mol. The number of aryl methyl sites for hydroxylation is 1. The van der Waals surface area contributed by atoms with Crippen LogP contribution in [0.25, 0.3) is 0 Å². The third kappa shape index (κ3) is 4.46. The number of ether oxygens (including phenoxy) is 2. The van der Waals surface area contributed by atoms with Gasteiger partial charge in [-0.2, -0.15) is 4.99 Å². The predicted molar refractivity (Wildman–Crippen MR) is 96.8 cm³/mol. The zero-order chi connectivity index (χ0) is 17.4. The average Bonchev–Trinajstić information content (AvgIpc) is 2.61. The minimum Gasteiger partial charge on any atom is -0.486 e. The molecule has 0 aliphatic heterocycles. The molecule has 0 aliphatic carbocycles. The normalized spacial score (nSPS) is 12.8. The minimum atomic E-state index is -0.100. The van der Waals surface area contributed by atoms with Gasteiger partial charge in [0.25, 0.3) is 0 Å². The molecule has 0 saturated carbocycles. The highest BCUT2D eigenvalue weighted by molar-refractivity contribution is 5.58. The van der Waals surface area contributed by atoms with Gasteiger partial charge in [0.2, 0.25) is 0 Å². The quantitative estimate of drug-likeness (QED) is 0.661. The fourth-order valence-corrected chi connectivity index (χ4v) is 2.57. The summed E-state index contributed by atoms with van der Waals surface area (Å²) in [7, 11) is 0. The summed E-state index contributed by atoms with van der Waals surface area (Å²) in [6.07, 6.45) is 1.49. The zero-order valence-electron chi connectivity index (χ0n) is 14.5. The summed E-state index contributed by atoms with van der Waals surface area (Å²) in [5.74, 6) is 1.54. The van der Waals surface area contributed by atoms with Gasteiger partial charge in [-0.25, -0.2) is 5.41 Å². The highest BCUT2D eigenvalue weighted by Gasteiger charge is 2.23. The molecule has 0 radical (unpaired) electrons. The molecular formula is C20H24N2O2. The van der Waals surface area contributed by atoms with Gasteiger partial charge in [0.15, 0.2) is 0 Å². The standard InChI is InChI=1S/C20H24N2O2/c1-4-17(23-19-12-8-6-10-15(19)3)18(5-2)24-20-13-9-7-11-16(20)22-14-21/h6-13,17-18,21H,4-5H2,1-3H3. The zero-order valence-corrected chi connectivity index (χ0v) is 14.5. The SMILES string of the molecule is CCC(Oc1ccccc1C)C(CC)Oc1ccccc1N=C=N. The first kappa shape index (κ1) is 17.8. The van der Waals surface area contributed by atoms with Gasteiger partial charge in [-0.1, -0.05) is 44.2 Å². The van der Waals surface area contributed by atoms with E-state index in [-0.39, 0.29) is 12.2 Å². The highest BCUT2D eigenvalue weighted by atomic mass is 16.5. The summed E-state index contributed by atoms with van der Waals surface area (Å²) in [5.41, 5.74) is 1.72. The van der Waals surface area contributed by atoms with Crippen molar-refractivity contribution in [2.75, 3.05) is 0 Å². The van der Waals surface area contributed by atoms with E-state index in [2.05, 4.69) is 24.8 Å². The minimum absolute atomic E-state index is 0.0619. The van der Waals surface area contributed by atoms with Crippen molar-refractivity contribution in [3.05, 3.63) is 54.1 Å². The van der Waals surface area contributed by atoms with Crippen LogP contribution in [0.2, 0.25) is 0 Å². The molecular weight excluding hydrogens is 300 g/mol. The maximum absolute atomic E-state index is 7.06. The smallest absolute Gasteiger partial charge is 0.146 e. The molecule has 0 heterocycles. The van der Waals surface area contributed by atoms with E-state index in [1.54, 1.807) is 0 Å². The molecule has 24 heavy (non-hydrogen) atoms. The Labute approximate surface area is 143 Å². The highest BCUT2D eigenvalue weighted by Crippen LogP contribution is 2.30. The van der Waals surface area contributed by atoms with Gasteiger partial charge in [0, 0.05) is 0 Å². The molecule has 4 nitrogen and oxygen atoms in total. The molecule has 0 fully saturated rings. The lowest BCUT2D eigenvalue weighted by Crippen LogP contribution is -2.35. The second-order valence-corrected chi connectivity index (χ2v) is 5.59. The van der Waals surface area contributed by atoms with Crippen LogP contribution >= 0.6 is 0 Å². The van der Waals surface area contributed by atoms with Crippen LogP contribution in [0.5, 0.6) is 11.5 Å². The summed E-state index contributed by atoms with van der Waals surface area (Å²) in [4.78, 5) is 3.93.